The van der Waals surface area contributed by atoms with E-state index in [0.29, 0.717) is 17.4 Å². The van der Waals surface area contributed by atoms with Crippen LogP contribution < -0.4 is 0 Å². The molecule has 1 saturated carbocycles. The minimum absolute atomic E-state index is 0.171. The molecule has 0 spiro atoms. The predicted octanol–water partition coefficient (Wildman–Crippen LogP) is 3.98. The third kappa shape index (κ3) is 1.60. The van der Waals surface area contributed by atoms with Gasteiger partial charge < -0.3 is 4.98 Å². The summed E-state index contributed by atoms with van der Waals surface area (Å²) in [4.78, 5) is 13.8. The molecule has 1 aliphatic carbocycles. The lowest BCUT2D eigenvalue weighted by atomic mass is 9.90. The minimum atomic E-state index is -0.319. The van der Waals surface area contributed by atoms with E-state index in [4.69, 9.17) is 0 Å². The molecular weight excluding hydrogens is 228 g/mol. The Morgan fingerprint density at radius 1 is 1.39 bits per heavy atom. The van der Waals surface area contributed by atoms with Crippen LogP contribution >= 0.6 is 0 Å². The Labute approximate surface area is 105 Å². The van der Waals surface area contributed by atoms with Crippen molar-refractivity contribution in [2.24, 2.45) is 5.92 Å². The summed E-state index contributed by atoms with van der Waals surface area (Å²) in [5.74, 6) is 1.21. The zero-order valence-corrected chi connectivity index (χ0v) is 10.3. The van der Waals surface area contributed by atoms with Crippen LogP contribution in [-0.4, -0.2) is 9.91 Å². The van der Waals surface area contributed by atoms with E-state index in [1.807, 2.05) is 12.3 Å². The van der Waals surface area contributed by atoms with Gasteiger partial charge in [0, 0.05) is 17.6 Å². The van der Waals surface area contributed by atoms with Gasteiger partial charge in [0.05, 0.1) is 4.92 Å². The number of hydrogen-bond donors (Lipinski definition) is 1. The van der Waals surface area contributed by atoms with Crippen LogP contribution in [0.2, 0.25) is 0 Å². The number of nitro groups is 1. The van der Waals surface area contributed by atoms with Gasteiger partial charge in [-0.15, -0.1) is 0 Å². The third-order valence-corrected chi connectivity index (χ3v) is 4.18. The molecule has 0 radical (unpaired) electrons. The van der Waals surface area contributed by atoms with Crippen molar-refractivity contribution in [3.63, 3.8) is 0 Å². The van der Waals surface area contributed by atoms with Gasteiger partial charge in [0.1, 0.15) is 5.52 Å². The number of rotatable bonds is 2. The first kappa shape index (κ1) is 11.3. The van der Waals surface area contributed by atoms with Crippen LogP contribution in [0.15, 0.2) is 24.4 Å². The van der Waals surface area contributed by atoms with Gasteiger partial charge in [0.2, 0.25) is 0 Å². The second-order valence-corrected chi connectivity index (χ2v) is 5.22. The summed E-state index contributed by atoms with van der Waals surface area (Å²) < 4.78 is 0. The molecule has 1 heterocycles. The van der Waals surface area contributed by atoms with Crippen molar-refractivity contribution in [1.29, 1.82) is 0 Å². The second-order valence-electron chi connectivity index (χ2n) is 5.22. The molecule has 4 nitrogen and oxygen atoms in total. The fourth-order valence-corrected chi connectivity index (χ4v) is 3.23. The van der Waals surface area contributed by atoms with Crippen LogP contribution in [0.1, 0.15) is 37.7 Å². The van der Waals surface area contributed by atoms with Crippen molar-refractivity contribution >= 4 is 16.6 Å². The first-order valence-corrected chi connectivity index (χ1v) is 6.43. The fraction of sp³-hybridized carbons (Fsp3) is 0.429. The molecule has 2 atom stereocenters. The average Bonchev–Trinajstić information content (AvgIpc) is 2.93. The molecule has 1 N–H and O–H groups in total. The molecule has 18 heavy (non-hydrogen) atoms. The van der Waals surface area contributed by atoms with Gasteiger partial charge in [0.25, 0.3) is 5.69 Å². The average molecular weight is 244 g/mol. The van der Waals surface area contributed by atoms with Crippen molar-refractivity contribution in [3.8, 4) is 0 Å². The molecule has 1 fully saturated rings. The Bertz CT molecular complexity index is 603. The van der Waals surface area contributed by atoms with E-state index >= 15 is 0 Å². The van der Waals surface area contributed by atoms with E-state index in [-0.39, 0.29) is 10.6 Å². The molecule has 0 bridgehead atoms. The minimum Gasteiger partial charge on any atom is -0.355 e. The van der Waals surface area contributed by atoms with Crippen LogP contribution in [0.4, 0.5) is 5.69 Å². The van der Waals surface area contributed by atoms with Gasteiger partial charge >= 0.3 is 0 Å². The topological polar surface area (TPSA) is 58.9 Å². The monoisotopic (exact) mass is 244 g/mol. The standard InChI is InChI=1S/C14H16N2O2/c1-9-4-2-5-10(9)12-8-15-14-11(12)6-3-7-13(14)16(17)18/h3,6-10,15H,2,4-5H2,1H3. The van der Waals surface area contributed by atoms with E-state index in [1.54, 1.807) is 12.1 Å². The van der Waals surface area contributed by atoms with Crippen LogP contribution in [0, 0.1) is 16.0 Å². The van der Waals surface area contributed by atoms with Crippen molar-refractivity contribution in [3.05, 3.63) is 40.1 Å². The number of benzene rings is 1. The lowest BCUT2D eigenvalue weighted by Crippen LogP contribution is -2.00. The highest BCUT2D eigenvalue weighted by molar-refractivity contribution is 5.91. The summed E-state index contributed by atoms with van der Waals surface area (Å²) >= 11 is 0. The van der Waals surface area contributed by atoms with Crippen molar-refractivity contribution < 1.29 is 4.92 Å². The predicted molar refractivity (Wildman–Crippen MR) is 70.7 cm³/mol. The molecule has 3 rings (SSSR count). The molecule has 2 aromatic rings. The first-order valence-electron chi connectivity index (χ1n) is 6.43. The summed E-state index contributed by atoms with van der Waals surface area (Å²) in [7, 11) is 0. The van der Waals surface area contributed by atoms with Crippen LogP contribution in [0.25, 0.3) is 10.9 Å². The zero-order valence-electron chi connectivity index (χ0n) is 10.3. The molecule has 1 aromatic carbocycles. The molecule has 1 aliphatic rings. The first-order chi connectivity index (χ1) is 8.68. The number of para-hydroxylation sites is 1. The Morgan fingerprint density at radius 2 is 2.22 bits per heavy atom. The Hall–Kier alpha value is -1.84. The third-order valence-electron chi connectivity index (χ3n) is 4.18. The normalized spacial score (nSPS) is 23.6. The quantitative estimate of drug-likeness (QED) is 0.641. The number of aromatic amines is 1. The van der Waals surface area contributed by atoms with Gasteiger partial charge in [-0.05, 0) is 23.8 Å². The number of nitro benzene ring substituents is 1. The largest absolute Gasteiger partial charge is 0.355 e. The highest BCUT2D eigenvalue weighted by atomic mass is 16.6. The zero-order chi connectivity index (χ0) is 12.7. The van der Waals surface area contributed by atoms with Crippen LogP contribution in [0.3, 0.4) is 0 Å². The smallest absolute Gasteiger partial charge is 0.293 e. The van der Waals surface area contributed by atoms with Crippen LogP contribution in [-0.2, 0) is 0 Å². The maximum atomic E-state index is 11.0. The van der Waals surface area contributed by atoms with Gasteiger partial charge in [-0.2, -0.15) is 0 Å². The summed E-state index contributed by atoms with van der Waals surface area (Å²) in [5.41, 5.74) is 2.08. The van der Waals surface area contributed by atoms with Gasteiger partial charge in [0.15, 0.2) is 0 Å². The number of H-pyrrole nitrogens is 1. The molecule has 0 aliphatic heterocycles. The molecular formula is C14H16N2O2. The van der Waals surface area contributed by atoms with E-state index in [0.717, 1.165) is 5.39 Å². The SMILES string of the molecule is CC1CCCC1c1c[nH]c2c([N+](=O)[O-])cccc12. The van der Waals surface area contributed by atoms with E-state index < -0.39 is 0 Å². The summed E-state index contributed by atoms with van der Waals surface area (Å²) in [6.45, 7) is 2.27. The van der Waals surface area contributed by atoms with Crippen molar-refractivity contribution in [2.45, 2.75) is 32.1 Å². The number of aromatic nitrogens is 1. The number of nitrogens with zero attached hydrogens (tertiary/aromatic N) is 1. The molecule has 0 amide bonds. The number of hydrogen-bond acceptors (Lipinski definition) is 2. The highest BCUT2D eigenvalue weighted by Crippen LogP contribution is 2.42. The summed E-state index contributed by atoms with van der Waals surface area (Å²) in [6, 6.07) is 5.32. The summed E-state index contributed by atoms with van der Waals surface area (Å²) in [5, 5.41) is 12.0. The van der Waals surface area contributed by atoms with E-state index in [1.165, 1.54) is 24.8 Å². The van der Waals surface area contributed by atoms with Gasteiger partial charge in [-0.1, -0.05) is 31.9 Å². The maximum absolute atomic E-state index is 11.0. The van der Waals surface area contributed by atoms with Gasteiger partial charge in [-0.3, -0.25) is 10.1 Å². The Balaban J connectivity index is 2.15. The molecule has 4 heteroatoms. The molecule has 0 saturated heterocycles. The van der Waals surface area contributed by atoms with Crippen molar-refractivity contribution in [2.75, 3.05) is 0 Å². The lowest BCUT2D eigenvalue weighted by Gasteiger charge is -2.14. The highest BCUT2D eigenvalue weighted by Gasteiger charge is 2.28. The molecule has 2 unspecified atom stereocenters. The number of fused-ring (bicyclic) bond motifs is 1. The maximum Gasteiger partial charge on any atom is 0.293 e. The number of non-ortho nitro benzene ring substituents is 1. The number of nitrogens with one attached hydrogen (secondary N) is 1. The lowest BCUT2D eigenvalue weighted by molar-refractivity contribution is -0.383. The second kappa shape index (κ2) is 4.12. The van der Waals surface area contributed by atoms with E-state index in [2.05, 4.69) is 11.9 Å². The molecule has 1 aromatic heterocycles. The van der Waals surface area contributed by atoms with E-state index in [9.17, 15) is 10.1 Å². The Morgan fingerprint density at radius 3 is 2.89 bits per heavy atom. The van der Waals surface area contributed by atoms with Gasteiger partial charge in [-0.25, -0.2) is 0 Å². The summed E-state index contributed by atoms with van der Waals surface area (Å²) in [6.07, 6.45) is 5.67. The van der Waals surface area contributed by atoms with Crippen LogP contribution in [0.5, 0.6) is 0 Å². The van der Waals surface area contributed by atoms with Crippen molar-refractivity contribution in [1.82, 2.24) is 4.98 Å². The fourth-order valence-electron chi connectivity index (χ4n) is 3.23. The molecule has 94 valence electrons. The Kier molecular flexibility index (Phi) is 2.58.